The van der Waals surface area contributed by atoms with Crippen molar-refractivity contribution in [2.75, 3.05) is 67.1 Å². The molecule has 132 valence electrons. The van der Waals surface area contributed by atoms with E-state index >= 15 is 0 Å². The van der Waals surface area contributed by atoms with Gasteiger partial charge in [-0.1, -0.05) is 12.2 Å². The summed E-state index contributed by atoms with van der Waals surface area (Å²) in [6.07, 6.45) is 5.86. The lowest BCUT2D eigenvalue weighted by Gasteiger charge is -2.36. The maximum atomic E-state index is 4.76. The minimum absolute atomic E-state index is 0.819. The molecule has 1 aliphatic rings. The summed E-state index contributed by atoms with van der Waals surface area (Å²) in [5, 5.41) is 3.42. The maximum Gasteiger partial charge on any atom is 0.154 e. The fraction of sp³-hybridized carbons (Fsp3) is 0.526. The molecular weight excluding hydrogens is 298 g/mol. The van der Waals surface area contributed by atoms with Gasteiger partial charge in [0.25, 0.3) is 0 Å². The lowest BCUT2D eigenvalue weighted by Crippen LogP contribution is -2.44. The Hall–Kier alpha value is -2.01. The summed E-state index contributed by atoms with van der Waals surface area (Å²) in [5.74, 6) is 1.08. The number of nitrogens with one attached hydrogen (secondary N) is 1. The molecule has 0 saturated carbocycles. The first kappa shape index (κ1) is 18.3. The van der Waals surface area contributed by atoms with E-state index in [1.54, 1.807) is 0 Å². The minimum Gasteiger partial charge on any atom is -0.366 e. The molecule has 0 amide bonds. The Kier molecular flexibility index (Phi) is 7.12. The topological polar surface area (TPSA) is 34.6 Å². The first-order valence-corrected chi connectivity index (χ1v) is 8.93. The van der Waals surface area contributed by atoms with Crippen molar-refractivity contribution in [1.82, 2.24) is 10.3 Å². The van der Waals surface area contributed by atoms with Crippen LogP contribution in [-0.2, 0) is 0 Å². The fourth-order valence-electron chi connectivity index (χ4n) is 3.19. The summed E-state index contributed by atoms with van der Waals surface area (Å²) in [6, 6.07) is 2.12. The first-order valence-electron chi connectivity index (χ1n) is 8.93. The SMILES string of the molecule is C=CCN(CC)c1ccnc(N2CCNCC2)c1N(CC)CC=C. The van der Waals surface area contributed by atoms with Crippen LogP contribution in [0.3, 0.4) is 0 Å². The number of likely N-dealkylation sites (N-methyl/N-ethyl adjacent to an activating group) is 2. The number of nitrogens with zero attached hydrogens (tertiary/aromatic N) is 4. The Labute approximate surface area is 146 Å². The predicted octanol–water partition coefficient (Wildman–Crippen LogP) is 2.52. The highest BCUT2D eigenvalue weighted by atomic mass is 15.3. The molecule has 0 spiro atoms. The Balaban J connectivity index is 2.52. The third kappa shape index (κ3) is 4.09. The molecule has 5 heteroatoms. The zero-order chi connectivity index (χ0) is 17.4. The third-order valence-corrected chi connectivity index (χ3v) is 4.42. The molecule has 1 saturated heterocycles. The zero-order valence-electron chi connectivity index (χ0n) is 15.2. The first-order chi connectivity index (χ1) is 11.8. The van der Waals surface area contributed by atoms with Gasteiger partial charge < -0.3 is 20.0 Å². The Morgan fingerprint density at radius 1 is 1.12 bits per heavy atom. The van der Waals surface area contributed by atoms with Crippen LogP contribution in [-0.4, -0.2) is 57.3 Å². The molecule has 0 unspecified atom stereocenters. The van der Waals surface area contributed by atoms with Crippen molar-refractivity contribution in [2.24, 2.45) is 0 Å². The molecule has 24 heavy (non-hydrogen) atoms. The molecule has 1 fully saturated rings. The van der Waals surface area contributed by atoms with Crippen LogP contribution in [0, 0.1) is 0 Å². The quantitative estimate of drug-likeness (QED) is 0.704. The molecule has 1 aliphatic heterocycles. The molecular formula is C19H31N5. The van der Waals surface area contributed by atoms with E-state index in [4.69, 9.17) is 4.98 Å². The van der Waals surface area contributed by atoms with E-state index in [1.165, 1.54) is 11.4 Å². The van der Waals surface area contributed by atoms with Crippen molar-refractivity contribution in [3.05, 3.63) is 37.6 Å². The van der Waals surface area contributed by atoms with Gasteiger partial charge in [-0.05, 0) is 19.9 Å². The van der Waals surface area contributed by atoms with Gasteiger partial charge >= 0.3 is 0 Å². The fourth-order valence-corrected chi connectivity index (χ4v) is 3.19. The van der Waals surface area contributed by atoms with Crippen molar-refractivity contribution >= 4 is 17.2 Å². The van der Waals surface area contributed by atoms with E-state index < -0.39 is 0 Å². The molecule has 1 aromatic rings. The highest BCUT2D eigenvalue weighted by molar-refractivity contribution is 5.82. The molecule has 1 aromatic heterocycles. The van der Waals surface area contributed by atoms with Gasteiger partial charge in [-0.3, -0.25) is 0 Å². The van der Waals surface area contributed by atoms with Crippen molar-refractivity contribution in [1.29, 1.82) is 0 Å². The highest BCUT2D eigenvalue weighted by Gasteiger charge is 2.23. The largest absolute Gasteiger partial charge is 0.366 e. The van der Waals surface area contributed by atoms with E-state index in [-0.39, 0.29) is 0 Å². The second kappa shape index (κ2) is 9.33. The van der Waals surface area contributed by atoms with Gasteiger partial charge in [0.15, 0.2) is 5.82 Å². The number of aromatic nitrogens is 1. The number of hydrogen-bond donors (Lipinski definition) is 1. The molecule has 0 bridgehead atoms. The van der Waals surface area contributed by atoms with Crippen LogP contribution in [0.5, 0.6) is 0 Å². The smallest absolute Gasteiger partial charge is 0.154 e. The molecule has 5 nitrogen and oxygen atoms in total. The lowest BCUT2D eigenvalue weighted by molar-refractivity contribution is 0.584. The lowest BCUT2D eigenvalue weighted by atomic mass is 10.2. The predicted molar refractivity (Wildman–Crippen MR) is 105 cm³/mol. The van der Waals surface area contributed by atoms with Crippen LogP contribution in [0.1, 0.15) is 13.8 Å². The van der Waals surface area contributed by atoms with E-state index in [2.05, 4.69) is 53.1 Å². The summed E-state index contributed by atoms with van der Waals surface area (Å²) in [4.78, 5) is 11.9. The second-order valence-corrected chi connectivity index (χ2v) is 5.89. The summed E-state index contributed by atoms with van der Waals surface area (Å²) in [5.41, 5.74) is 2.44. The molecule has 2 heterocycles. The highest BCUT2D eigenvalue weighted by Crippen LogP contribution is 2.37. The van der Waals surface area contributed by atoms with Gasteiger partial charge in [0, 0.05) is 58.6 Å². The third-order valence-electron chi connectivity index (χ3n) is 4.42. The summed E-state index contributed by atoms with van der Waals surface area (Å²) < 4.78 is 0. The van der Waals surface area contributed by atoms with Crippen molar-refractivity contribution < 1.29 is 0 Å². The monoisotopic (exact) mass is 329 g/mol. The standard InChI is InChI=1S/C19H31N5/c1-5-13-22(7-3)17-9-10-21-19(24-15-11-20-12-16-24)18(17)23(8-4)14-6-2/h5-6,9-10,20H,1-2,7-8,11-16H2,3-4H3. The van der Waals surface area contributed by atoms with Crippen LogP contribution in [0.2, 0.25) is 0 Å². The number of pyridine rings is 1. The molecule has 1 N–H and O–H groups in total. The van der Waals surface area contributed by atoms with Crippen molar-refractivity contribution in [3.8, 4) is 0 Å². The molecule has 0 radical (unpaired) electrons. The molecule has 2 rings (SSSR count). The van der Waals surface area contributed by atoms with Gasteiger partial charge in [-0.15, -0.1) is 13.2 Å². The van der Waals surface area contributed by atoms with Gasteiger partial charge in [0.1, 0.15) is 5.69 Å². The summed E-state index contributed by atoms with van der Waals surface area (Å²) >= 11 is 0. The maximum absolute atomic E-state index is 4.76. The summed E-state index contributed by atoms with van der Waals surface area (Å²) in [6.45, 7) is 19.7. The Morgan fingerprint density at radius 2 is 1.75 bits per heavy atom. The van der Waals surface area contributed by atoms with Gasteiger partial charge in [-0.25, -0.2) is 4.98 Å². The van der Waals surface area contributed by atoms with E-state index in [1.807, 2.05) is 18.3 Å². The number of hydrogen-bond acceptors (Lipinski definition) is 5. The Morgan fingerprint density at radius 3 is 2.33 bits per heavy atom. The number of rotatable bonds is 9. The average molecular weight is 329 g/mol. The minimum atomic E-state index is 0.819. The van der Waals surface area contributed by atoms with Crippen LogP contribution in [0.25, 0.3) is 0 Å². The summed E-state index contributed by atoms with van der Waals surface area (Å²) in [7, 11) is 0. The average Bonchev–Trinajstić information content (AvgIpc) is 2.64. The van der Waals surface area contributed by atoms with Crippen molar-refractivity contribution in [3.63, 3.8) is 0 Å². The van der Waals surface area contributed by atoms with Gasteiger partial charge in [0.05, 0.1) is 5.69 Å². The zero-order valence-corrected chi connectivity index (χ0v) is 15.2. The molecule has 0 aliphatic carbocycles. The van der Waals surface area contributed by atoms with E-state index in [0.29, 0.717) is 0 Å². The number of anilines is 3. The van der Waals surface area contributed by atoms with E-state index in [9.17, 15) is 0 Å². The van der Waals surface area contributed by atoms with Crippen molar-refractivity contribution in [2.45, 2.75) is 13.8 Å². The number of piperazine rings is 1. The van der Waals surface area contributed by atoms with Crippen LogP contribution < -0.4 is 20.0 Å². The normalized spacial score (nSPS) is 14.3. The second-order valence-electron chi connectivity index (χ2n) is 5.89. The molecule has 0 atom stereocenters. The van der Waals surface area contributed by atoms with Crippen LogP contribution in [0.4, 0.5) is 17.2 Å². The van der Waals surface area contributed by atoms with E-state index in [0.717, 1.165) is 58.2 Å². The van der Waals surface area contributed by atoms with Gasteiger partial charge in [0.2, 0.25) is 0 Å². The Bertz CT molecular complexity index is 537. The molecule has 0 aromatic carbocycles. The van der Waals surface area contributed by atoms with Crippen LogP contribution in [0.15, 0.2) is 37.6 Å². The van der Waals surface area contributed by atoms with Gasteiger partial charge in [-0.2, -0.15) is 0 Å². The van der Waals surface area contributed by atoms with Crippen LogP contribution >= 0.6 is 0 Å².